The summed E-state index contributed by atoms with van der Waals surface area (Å²) >= 11 is 0. The molecule has 4 nitrogen and oxygen atoms in total. The van der Waals surface area contributed by atoms with Crippen molar-refractivity contribution in [2.24, 2.45) is 7.05 Å². The zero-order valence-electron chi connectivity index (χ0n) is 10.6. The number of benzene rings is 1. The van der Waals surface area contributed by atoms with E-state index in [1.54, 1.807) is 0 Å². The Morgan fingerprint density at radius 2 is 2.28 bits per heavy atom. The molecular weight excluding hydrogens is 224 g/mol. The second-order valence-corrected chi connectivity index (χ2v) is 4.79. The Kier molecular flexibility index (Phi) is 2.70. The van der Waals surface area contributed by atoms with Gasteiger partial charge in [0, 0.05) is 55.9 Å². The third kappa shape index (κ3) is 1.83. The van der Waals surface area contributed by atoms with Crippen LogP contribution in [0, 0.1) is 0 Å². The largest absolute Gasteiger partial charge is 0.398 e. The summed E-state index contributed by atoms with van der Waals surface area (Å²) in [6, 6.07) is 6.19. The first kappa shape index (κ1) is 11.1. The van der Waals surface area contributed by atoms with Crippen LogP contribution in [0.4, 0.5) is 11.4 Å². The highest BCUT2D eigenvalue weighted by atomic mass is 15.2. The number of hydrogen-bond acceptors (Lipinski definition) is 3. The summed E-state index contributed by atoms with van der Waals surface area (Å²) in [7, 11) is 2.04. The van der Waals surface area contributed by atoms with Crippen molar-refractivity contribution in [3.8, 4) is 0 Å². The minimum absolute atomic E-state index is 0.923. The van der Waals surface area contributed by atoms with Gasteiger partial charge in [-0.25, -0.2) is 4.98 Å². The van der Waals surface area contributed by atoms with Gasteiger partial charge in [-0.05, 0) is 18.6 Å². The molecule has 0 radical (unpaired) electrons. The average Bonchev–Trinajstić information content (AvgIpc) is 2.94. The minimum atomic E-state index is 0.923. The van der Waals surface area contributed by atoms with E-state index in [2.05, 4.69) is 20.5 Å². The molecule has 0 amide bonds. The van der Waals surface area contributed by atoms with Crippen molar-refractivity contribution in [3.05, 3.63) is 42.0 Å². The van der Waals surface area contributed by atoms with Crippen LogP contribution in [-0.2, 0) is 19.9 Å². The molecule has 1 aliphatic rings. The third-order valence-electron chi connectivity index (χ3n) is 3.69. The zero-order chi connectivity index (χ0) is 12.5. The Balaban J connectivity index is 1.74. The van der Waals surface area contributed by atoms with Gasteiger partial charge in [0.25, 0.3) is 0 Å². The number of imidazole rings is 1. The molecule has 1 aromatic heterocycles. The van der Waals surface area contributed by atoms with E-state index in [1.807, 2.05) is 31.6 Å². The van der Waals surface area contributed by atoms with Gasteiger partial charge in [0.05, 0.1) is 0 Å². The predicted molar refractivity (Wildman–Crippen MR) is 73.7 cm³/mol. The van der Waals surface area contributed by atoms with Gasteiger partial charge >= 0.3 is 0 Å². The van der Waals surface area contributed by atoms with Gasteiger partial charge in [0.2, 0.25) is 0 Å². The van der Waals surface area contributed by atoms with Crippen LogP contribution in [-0.4, -0.2) is 22.6 Å². The van der Waals surface area contributed by atoms with Crippen LogP contribution in [0.3, 0.4) is 0 Å². The van der Waals surface area contributed by atoms with Crippen molar-refractivity contribution in [1.29, 1.82) is 0 Å². The Morgan fingerprint density at radius 3 is 3.06 bits per heavy atom. The smallest absolute Gasteiger partial charge is 0.110 e. The quantitative estimate of drug-likeness (QED) is 0.832. The minimum Gasteiger partial charge on any atom is -0.398 e. The second kappa shape index (κ2) is 4.37. The molecule has 3 rings (SSSR count). The number of fused-ring (bicyclic) bond motifs is 1. The van der Waals surface area contributed by atoms with Crippen molar-refractivity contribution in [3.63, 3.8) is 0 Å². The topological polar surface area (TPSA) is 47.1 Å². The molecule has 2 aromatic rings. The maximum Gasteiger partial charge on any atom is 0.110 e. The molecule has 0 saturated carbocycles. The number of aryl methyl sites for hydroxylation is 1. The number of rotatable bonds is 3. The molecule has 4 heteroatoms. The van der Waals surface area contributed by atoms with Gasteiger partial charge in [-0.2, -0.15) is 0 Å². The highest BCUT2D eigenvalue weighted by molar-refractivity contribution is 5.68. The summed E-state index contributed by atoms with van der Waals surface area (Å²) in [6.45, 7) is 2.06. The average molecular weight is 242 g/mol. The lowest BCUT2D eigenvalue weighted by molar-refractivity contribution is 0.737. The Bertz CT molecular complexity index is 559. The van der Waals surface area contributed by atoms with E-state index in [0.717, 1.165) is 37.4 Å². The lowest BCUT2D eigenvalue weighted by atomic mass is 10.1. The molecule has 94 valence electrons. The van der Waals surface area contributed by atoms with Gasteiger partial charge in [-0.3, -0.25) is 0 Å². The fourth-order valence-electron chi connectivity index (χ4n) is 2.63. The van der Waals surface area contributed by atoms with Crippen LogP contribution in [0.15, 0.2) is 30.6 Å². The predicted octanol–water partition coefficient (Wildman–Crippen LogP) is 1.61. The van der Waals surface area contributed by atoms with E-state index in [0.29, 0.717) is 0 Å². The number of nitrogens with zero attached hydrogens (tertiary/aromatic N) is 3. The van der Waals surface area contributed by atoms with E-state index in [-0.39, 0.29) is 0 Å². The summed E-state index contributed by atoms with van der Waals surface area (Å²) in [5, 5.41) is 0. The summed E-state index contributed by atoms with van der Waals surface area (Å²) in [4.78, 5) is 6.77. The van der Waals surface area contributed by atoms with Gasteiger partial charge in [0.1, 0.15) is 5.82 Å². The first-order valence-corrected chi connectivity index (χ1v) is 6.34. The first-order valence-electron chi connectivity index (χ1n) is 6.34. The van der Waals surface area contributed by atoms with Crippen LogP contribution >= 0.6 is 0 Å². The third-order valence-corrected chi connectivity index (χ3v) is 3.69. The molecule has 0 aliphatic carbocycles. The lowest BCUT2D eigenvalue weighted by Gasteiger charge is -2.19. The molecule has 0 spiro atoms. The van der Waals surface area contributed by atoms with Crippen molar-refractivity contribution in [1.82, 2.24) is 9.55 Å². The molecule has 0 unspecified atom stereocenters. The molecular formula is C14H18N4. The monoisotopic (exact) mass is 242 g/mol. The Morgan fingerprint density at radius 1 is 1.39 bits per heavy atom. The van der Waals surface area contributed by atoms with Crippen molar-refractivity contribution < 1.29 is 0 Å². The van der Waals surface area contributed by atoms with E-state index in [9.17, 15) is 0 Å². The first-order chi connectivity index (χ1) is 8.75. The molecule has 0 saturated heterocycles. The van der Waals surface area contributed by atoms with E-state index in [4.69, 9.17) is 5.73 Å². The number of aromatic nitrogens is 2. The molecule has 0 bridgehead atoms. The molecule has 2 heterocycles. The summed E-state index contributed by atoms with van der Waals surface area (Å²) in [5.74, 6) is 1.13. The fourth-order valence-corrected chi connectivity index (χ4v) is 2.63. The van der Waals surface area contributed by atoms with Gasteiger partial charge in [-0.15, -0.1) is 0 Å². The van der Waals surface area contributed by atoms with Gasteiger partial charge in [0.15, 0.2) is 0 Å². The van der Waals surface area contributed by atoms with Crippen LogP contribution in [0.25, 0.3) is 0 Å². The van der Waals surface area contributed by atoms with Crippen molar-refractivity contribution in [2.45, 2.75) is 12.8 Å². The number of nitrogens with two attached hydrogens (primary N) is 1. The van der Waals surface area contributed by atoms with Gasteiger partial charge < -0.3 is 15.2 Å². The Hall–Kier alpha value is -1.97. The highest BCUT2D eigenvalue weighted by Crippen LogP contribution is 2.31. The maximum absolute atomic E-state index is 6.01. The summed E-state index contributed by atoms with van der Waals surface area (Å²) in [6.07, 6.45) is 5.87. The van der Waals surface area contributed by atoms with Crippen LogP contribution < -0.4 is 10.6 Å². The lowest BCUT2D eigenvalue weighted by Crippen LogP contribution is -2.24. The zero-order valence-corrected chi connectivity index (χ0v) is 10.6. The van der Waals surface area contributed by atoms with Crippen molar-refractivity contribution in [2.75, 3.05) is 23.7 Å². The maximum atomic E-state index is 6.01. The molecule has 0 atom stereocenters. The standard InChI is InChI=1S/C14H18N4/c1-17-10-7-16-14(17)6-9-18-8-5-11-12(15)3-2-4-13(11)18/h2-4,7,10H,5-6,8-9,15H2,1H3. The van der Waals surface area contributed by atoms with Crippen LogP contribution in [0.5, 0.6) is 0 Å². The Labute approximate surface area is 107 Å². The molecule has 0 fully saturated rings. The molecule has 18 heavy (non-hydrogen) atoms. The molecule has 1 aliphatic heterocycles. The molecule has 1 aromatic carbocycles. The van der Waals surface area contributed by atoms with Crippen LogP contribution in [0.1, 0.15) is 11.4 Å². The van der Waals surface area contributed by atoms with Gasteiger partial charge in [-0.1, -0.05) is 6.07 Å². The van der Waals surface area contributed by atoms with E-state index < -0.39 is 0 Å². The SMILES string of the molecule is Cn1ccnc1CCN1CCc2c(N)cccc21. The second-order valence-electron chi connectivity index (χ2n) is 4.79. The van der Waals surface area contributed by atoms with E-state index >= 15 is 0 Å². The summed E-state index contributed by atoms with van der Waals surface area (Å²) in [5.41, 5.74) is 9.53. The van der Waals surface area contributed by atoms with Crippen LogP contribution in [0.2, 0.25) is 0 Å². The fraction of sp³-hybridized carbons (Fsp3) is 0.357. The van der Waals surface area contributed by atoms with E-state index in [1.165, 1.54) is 11.3 Å². The number of anilines is 2. The molecule has 2 N–H and O–H groups in total. The van der Waals surface area contributed by atoms with Crippen molar-refractivity contribution >= 4 is 11.4 Å². The number of hydrogen-bond donors (Lipinski definition) is 1. The number of nitrogen functional groups attached to an aromatic ring is 1. The normalized spacial score (nSPS) is 13.9. The summed E-state index contributed by atoms with van der Waals surface area (Å²) < 4.78 is 2.08. The highest BCUT2D eigenvalue weighted by Gasteiger charge is 2.20.